The summed E-state index contributed by atoms with van der Waals surface area (Å²) in [6.07, 6.45) is 3.70. The van der Waals surface area contributed by atoms with Crippen LogP contribution in [0.15, 0.2) is 24.7 Å². The molecule has 0 aliphatic rings. The minimum Gasteiger partial charge on any atom is -0.395 e. The van der Waals surface area contributed by atoms with Crippen LogP contribution >= 0.6 is 0 Å². The van der Waals surface area contributed by atoms with Crippen LogP contribution in [-0.2, 0) is 0 Å². The van der Waals surface area contributed by atoms with Crippen LogP contribution in [0.4, 0.5) is 14.6 Å². The monoisotopic (exact) mass is 291 g/mol. The Hall–Kier alpha value is -2.61. The first kappa shape index (κ1) is 13.4. The summed E-state index contributed by atoms with van der Waals surface area (Å²) in [7, 11) is 0. The first-order valence-electron chi connectivity index (χ1n) is 6.19. The number of pyridine rings is 1. The molecule has 0 aliphatic heterocycles. The van der Waals surface area contributed by atoms with Gasteiger partial charge in [-0.3, -0.25) is 0 Å². The zero-order valence-electron chi connectivity index (χ0n) is 10.8. The van der Waals surface area contributed by atoms with Crippen molar-refractivity contribution in [3.63, 3.8) is 0 Å². The fourth-order valence-corrected chi connectivity index (χ4v) is 1.96. The van der Waals surface area contributed by atoms with Crippen molar-refractivity contribution in [2.24, 2.45) is 0 Å². The maximum atomic E-state index is 13.6. The van der Waals surface area contributed by atoms with E-state index in [2.05, 4.69) is 25.3 Å². The fourth-order valence-electron chi connectivity index (χ4n) is 1.96. The highest BCUT2D eigenvalue weighted by molar-refractivity contribution is 5.91. The lowest BCUT2D eigenvalue weighted by Crippen LogP contribution is -2.09. The van der Waals surface area contributed by atoms with E-state index in [9.17, 15) is 8.78 Å². The van der Waals surface area contributed by atoms with Gasteiger partial charge in [0.2, 0.25) is 0 Å². The smallest absolute Gasteiger partial charge is 0.183 e. The maximum Gasteiger partial charge on any atom is 0.183 e. The zero-order valence-corrected chi connectivity index (χ0v) is 10.8. The number of hydrogen-bond donors (Lipinski definition) is 3. The van der Waals surface area contributed by atoms with Gasteiger partial charge in [-0.25, -0.2) is 23.7 Å². The van der Waals surface area contributed by atoms with Gasteiger partial charge in [0.1, 0.15) is 11.5 Å². The van der Waals surface area contributed by atoms with Crippen LogP contribution < -0.4 is 5.32 Å². The summed E-state index contributed by atoms with van der Waals surface area (Å²) >= 11 is 0. The summed E-state index contributed by atoms with van der Waals surface area (Å²) in [6.45, 7) is 0.0123. The summed E-state index contributed by atoms with van der Waals surface area (Å²) < 4.78 is 26.9. The standard InChI is InChI=1S/C13H11F2N5O/c14-7-3-8-9(5-18-11(8)17-4-7)12-19-6-10(15)13(20-12)16-1-2-21/h3-6,21H,1-2H2,(H,17,18)(H,16,19,20). The molecule has 3 aromatic rings. The van der Waals surface area contributed by atoms with Gasteiger partial charge in [-0.05, 0) is 6.07 Å². The Morgan fingerprint density at radius 3 is 2.90 bits per heavy atom. The van der Waals surface area contributed by atoms with Crippen molar-refractivity contribution >= 4 is 16.9 Å². The van der Waals surface area contributed by atoms with Gasteiger partial charge in [0, 0.05) is 23.7 Å². The molecule has 0 aliphatic carbocycles. The van der Waals surface area contributed by atoms with Crippen LogP contribution in [0.3, 0.4) is 0 Å². The highest BCUT2D eigenvalue weighted by Gasteiger charge is 2.13. The second-order valence-electron chi connectivity index (χ2n) is 4.29. The summed E-state index contributed by atoms with van der Waals surface area (Å²) in [4.78, 5) is 14.8. The molecule has 0 unspecified atom stereocenters. The molecule has 0 radical (unpaired) electrons. The lowest BCUT2D eigenvalue weighted by molar-refractivity contribution is 0.310. The van der Waals surface area contributed by atoms with Gasteiger partial charge in [-0.1, -0.05) is 0 Å². The molecule has 108 valence electrons. The number of aromatic nitrogens is 4. The molecule has 0 bridgehead atoms. The number of hydrogen-bond acceptors (Lipinski definition) is 5. The van der Waals surface area contributed by atoms with E-state index in [4.69, 9.17) is 5.11 Å². The Balaban J connectivity index is 2.08. The van der Waals surface area contributed by atoms with Gasteiger partial charge in [-0.2, -0.15) is 0 Å². The van der Waals surface area contributed by atoms with Gasteiger partial charge in [0.25, 0.3) is 0 Å². The molecule has 0 saturated carbocycles. The molecular weight excluding hydrogens is 280 g/mol. The molecule has 0 spiro atoms. The van der Waals surface area contributed by atoms with E-state index in [1.165, 1.54) is 6.07 Å². The number of H-pyrrole nitrogens is 1. The second-order valence-corrected chi connectivity index (χ2v) is 4.29. The van der Waals surface area contributed by atoms with Crippen molar-refractivity contribution in [2.45, 2.75) is 0 Å². The molecule has 3 heterocycles. The molecule has 3 aromatic heterocycles. The summed E-state index contributed by atoms with van der Waals surface area (Å²) in [5.74, 6) is -0.899. The highest BCUT2D eigenvalue weighted by atomic mass is 19.1. The van der Waals surface area contributed by atoms with Crippen LogP contribution in [0, 0.1) is 11.6 Å². The van der Waals surface area contributed by atoms with Crippen molar-refractivity contribution in [1.82, 2.24) is 19.9 Å². The van der Waals surface area contributed by atoms with E-state index in [-0.39, 0.29) is 24.8 Å². The quantitative estimate of drug-likeness (QED) is 0.681. The number of aromatic amines is 1. The van der Waals surface area contributed by atoms with Crippen molar-refractivity contribution in [3.8, 4) is 11.4 Å². The molecule has 21 heavy (non-hydrogen) atoms. The summed E-state index contributed by atoms with van der Waals surface area (Å²) in [6, 6.07) is 1.31. The first-order chi connectivity index (χ1) is 10.2. The van der Waals surface area contributed by atoms with Gasteiger partial charge in [0.05, 0.1) is 19.0 Å². The Morgan fingerprint density at radius 1 is 1.24 bits per heavy atom. The molecule has 6 nitrogen and oxygen atoms in total. The predicted molar refractivity (Wildman–Crippen MR) is 72.6 cm³/mol. The SMILES string of the molecule is OCCNc1nc(-c2c[nH]c3ncc(F)cc23)ncc1F. The summed E-state index contributed by atoms with van der Waals surface area (Å²) in [5, 5.41) is 11.9. The second kappa shape index (κ2) is 5.41. The number of nitrogens with zero attached hydrogens (tertiary/aromatic N) is 3. The van der Waals surface area contributed by atoms with Gasteiger partial charge in [0.15, 0.2) is 17.5 Å². The third kappa shape index (κ3) is 2.52. The van der Waals surface area contributed by atoms with Crippen LogP contribution in [0.2, 0.25) is 0 Å². The predicted octanol–water partition coefficient (Wildman–Crippen LogP) is 1.70. The minimum atomic E-state index is -0.628. The van der Waals surface area contributed by atoms with Gasteiger partial charge < -0.3 is 15.4 Å². The lowest BCUT2D eigenvalue weighted by atomic mass is 10.2. The lowest BCUT2D eigenvalue weighted by Gasteiger charge is -2.06. The maximum absolute atomic E-state index is 13.6. The number of aliphatic hydroxyl groups excluding tert-OH is 1. The first-order valence-corrected chi connectivity index (χ1v) is 6.19. The Bertz CT molecular complexity index is 789. The van der Waals surface area contributed by atoms with Crippen LogP contribution in [-0.4, -0.2) is 38.2 Å². The number of aliphatic hydroxyl groups is 1. The average molecular weight is 291 g/mol. The van der Waals surface area contributed by atoms with E-state index in [0.717, 1.165) is 12.4 Å². The zero-order chi connectivity index (χ0) is 14.8. The van der Waals surface area contributed by atoms with Crippen molar-refractivity contribution in [2.75, 3.05) is 18.5 Å². The molecule has 0 amide bonds. The molecule has 3 N–H and O–H groups in total. The van der Waals surface area contributed by atoms with Gasteiger partial charge >= 0.3 is 0 Å². The number of fused-ring (bicyclic) bond motifs is 1. The van der Waals surface area contributed by atoms with E-state index in [0.29, 0.717) is 16.6 Å². The molecule has 0 fully saturated rings. The Labute approximate surface area is 117 Å². The Kier molecular flexibility index (Phi) is 3.44. The number of anilines is 1. The van der Waals surface area contributed by atoms with E-state index >= 15 is 0 Å². The van der Waals surface area contributed by atoms with Crippen molar-refractivity contribution in [3.05, 3.63) is 36.3 Å². The molecule has 8 heteroatoms. The number of nitrogens with one attached hydrogen (secondary N) is 2. The average Bonchev–Trinajstić information content (AvgIpc) is 2.89. The largest absolute Gasteiger partial charge is 0.395 e. The van der Waals surface area contributed by atoms with Crippen molar-refractivity contribution in [1.29, 1.82) is 0 Å². The third-order valence-electron chi connectivity index (χ3n) is 2.89. The summed E-state index contributed by atoms with van der Waals surface area (Å²) in [5.41, 5.74) is 1.01. The van der Waals surface area contributed by atoms with E-state index < -0.39 is 11.6 Å². The molecule has 0 aromatic carbocycles. The molecule has 0 atom stereocenters. The van der Waals surface area contributed by atoms with Gasteiger partial charge in [-0.15, -0.1) is 0 Å². The third-order valence-corrected chi connectivity index (χ3v) is 2.89. The highest BCUT2D eigenvalue weighted by Crippen LogP contribution is 2.26. The Morgan fingerprint density at radius 2 is 2.10 bits per heavy atom. The van der Waals surface area contributed by atoms with Crippen LogP contribution in [0.25, 0.3) is 22.4 Å². The minimum absolute atomic E-state index is 0.0206. The van der Waals surface area contributed by atoms with Crippen LogP contribution in [0.1, 0.15) is 0 Å². The molecular formula is C13H11F2N5O. The van der Waals surface area contributed by atoms with Crippen LogP contribution in [0.5, 0.6) is 0 Å². The normalized spacial score (nSPS) is 11.0. The topological polar surface area (TPSA) is 86.7 Å². The van der Waals surface area contributed by atoms with Crippen molar-refractivity contribution < 1.29 is 13.9 Å². The number of halogens is 2. The number of rotatable bonds is 4. The fraction of sp³-hybridized carbons (Fsp3) is 0.154. The molecule has 0 saturated heterocycles. The van der Waals surface area contributed by atoms with E-state index in [1.807, 2.05) is 0 Å². The van der Waals surface area contributed by atoms with E-state index in [1.54, 1.807) is 6.20 Å². The molecule has 3 rings (SSSR count).